The predicted molar refractivity (Wildman–Crippen MR) is 79.5 cm³/mol. The molecule has 0 N–H and O–H groups in total. The first-order chi connectivity index (χ1) is 9.81. The standard InChI is InChI=1S/C15H18FNO3S/c1-4-11-9-17-15(7-10(11)2)20-14-6-5-12(8-13(14)16)21(3,18)19/h5-7,9,12H,4,8H2,1-3H3. The van der Waals surface area contributed by atoms with Crippen LogP contribution in [-0.4, -0.2) is 24.9 Å². The summed E-state index contributed by atoms with van der Waals surface area (Å²) in [5.74, 6) is -0.254. The SMILES string of the molecule is CCc1cnc(OC2=C(F)CC(S(C)(=O)=O)C=C2)cc1C. The maximum atomic E-state index is 14.0. The van der Waals surface area contributed by atoms with Gasteiger partial charge in [-0.15, -0.1) is 0 Å². The highest BCUT2D eigenvalue weighted by Gasteiger charge is 2.25. The number of ether oxygens (including phenoxy) is 1. The molecule has 0 saturated carbocycles. The van der Waals surface area contributed by atoms with Crippen LogP contribution in [0.5, 0.6) is 5.88 Å². The van der Waals surface area contributed by atoms with Gasteiger partial charge in [0, 0.05) is 24.9 Å². The van der Waals surface area contributed by atoms with Crippen LogP contribution >= 0.6 is 0 Å². The molecule has 1 aliphatic carbocycles. The molecule has 1 aromatic heterocycles. The monoisotopic (exact) mass is 311 g/mol. The molecule has 2 rings (SSSR count). The Labute approximate surface area is 124 Å². The Morgan fingerprint density at radius 3 is 2.71 bits per heavy atom. The lowest BCUT2D eigenvalue weighted by Gasteiger charge is -2.17. The molecule has 0 aliphatic heterocycles. The van der Waals surface area contributed by atoms with E-state index in [4.69, 9.17) is 4.74 Å². The number of aryl methyl sites for hydroxylation is 2. The second-order valence-corrected chi connectivity index (χ2v) is 7.37. The molecule has 0 saturated heterocycles. The Balaban J connectivity index is 2.18. The number of sulfone groups is 1. The lowest BCUT2D eigenvalue weighted by molar-refractivity contribution is 0.387. The zero-order valence-electron chi connectivity index (χ0n) is 12.3. The first-order valence-electron chi connectivity index (χ1n) is 6.70. The summed E-state index contributed by atoms with van der Waals surface area (Å²) in [5.41, 5.74) is 2.13. The second-order valence-electron chi connectivity index (χ2n) is 5.11. The van der Waals surface area contributed by atoms with Crippen molar-refractivity contribution in [1.82, 2.24) is 4.98 Å². The molecule has 4 nitrogen and oxygen atoms in total. The molecule has 1 unspecified atom stereocenters. The number of hydrogen-bond donors (Lipinski definition) is 0. The van der Waals surface area contributed by atoms with E-state index in [0.717, 1.165) is 23.8 Å². The molecule has 0 spiro atoms. The molecule has 21 heavy (non-hydrogen) atoms. The van der Waals surface area contributed by atoms with Gasteiger partial charge >= 0.3 is 0 Å². The Kier molecular flexibility index (Phi) is 4.46. The first-order valence-corrected chi connectivity index (χ1v) is 8.65. The third-order valence-electron chi connectivity index (χ3n) is 3.45. The molecule has 114 valence electrons. The van der Waals surface area contributed by atoms with Crippen molar-refractivity contribution in [2.45, 2.75) is 31.9 Å². The Bertz CT molecular complexity index is 708. The number of rotatable bonds is 4. The number of hydrogen-bond acceptors (Lipinski definition) is 4. The molecule has 0 radical (unpaired) electrons. The molecule has 1 aliphatic rings. The lowest BCUT2D eigenvalue weighted by atomic mass is 10.1. The van der Waals surface area contributed by atoms with E-state index in [1.807, 2.05) is 13.8 Å². The minimum absolute atomic E-state index is 0.0195. The Hall–Kier alpha value is -1.69. The maximum Gasteiger partial charge on any atom is 0.219 e. The summed E-state index contributed by atoms with van der Waals surface area (Å²) in [6.45, 7) is 3.97. The second kappa shape index (κ2) is 5.97. The van der Waals surface area contributed by atoms with Crippen LogP contribution in [0.25, 0.3) is 0 Å². The van der Waals surface area contributed by atoms with Crippen molar-refractivity contribution in [1.29, 1.82) is 0 Å². The molecule has 0 aromatic carbocycles. The fourth-order valence-corrected chi connectivity index (χ4v) is 2.92. The number of allylic oxidation sites excluding steroid dienone is 2. The van der Waals surface area contributed by atoms with Gasteiger partial charge in [-0.1, -0.05) is 13.0 Å². The van der Waals surface area contributed by atoms with E-state index < -0.39 is 20.9 Å². The molecule has 1 atom stereocenters. The van der Waals surface area contributed by atoms with Gasteiger partial charge in [-0.05, 0) is 30.5 Å². The third kappa shape index (κ3) is 3.69. The van der Waals surface area contributed by atoms with E-state index in [-0.39, 0.29) is 12.2 Å². The lowest BCUT2D eigenvalue weighted by Crippen LogP contribution is -2.21. The Morgan fingerprint density at radius 1 is 1.48 bits per heavy atom. The summed E-state index contributed by atoms with van der Waals surface area (Å²) >= 11 is 0. The van der Waals surface area contributed by atoms with Crippen LogP contribution in [0, 0.1) is 6.92 Å². The van der Waals surface area contributed by atoms with Crippen molar-refractivity contribution in [3.63, 3.8) is 0 Å². The fraction of sp³-hybridized carbons (Fsp3) is 0.400. The zero-order valence-corrected chi connectivity index (χ0v) is 13.1. The number of halogens is 1. The van der Waals surface area contributed by atoms with Gasteiger partial charge in [-0.2, -0.15) is 0 Å². The van der Waals surface area contributed by atoms with E-state index >= 15 is 0 Å². The van der Waals surface area contributed by atoms with Crippen LogP contribution in [0.1, 0.15) is 24.5 Å². The number of nitrogens with zero attached hydrogens (tertiary/aromatic N) is 1. The highest BCUT2D eigenvalue weighted by Crippen LogP contribution is 2.26. The molecule has 0 bridgehead atoms. The topological polar surface area (TPSA) is 56.3 Å². The smallest absolute Gasteiger partial charge is 0.219 e. The van der Waals surface area contributed by atoms with Crippen molar-refractivity contribution in [3.8, 4) is 5.88 Å². The van der Waals surface area contributed by atoms with Crippen LogP contribution in [0.4, 0.5) is 4.39 Å². The predicted octanol–water partition coefficient (Wildman–Crippen LogP) is 2.89. The highest BCUT2D eigenvalue weighted by molar-refractivity contribution is 7.91. The fourth-order valence-electron chi connectivity index (χ4n) is 2.11. The summed E-state index contributed by atoms with van der Waals surface area (Å²) in [6.07, 6.45) is 6.27. The third-order valence-corrected chi connectivity index (χ3v) is 4.87. The summed E-state index contributed by atoms with van der Waals surface area (Å²) in [5, 5.41) is -0.831. The van der Waals surface area contributed by atoms with Gasteiger partial charge in [0.2, 0.25) is 5.88 Å². The van der Waals surface area contributed by atoms with Gasteiger partial charge < -0.3 is 4.74 Å². The van der Waals surface area contributed by atoms with E-state index in [2.05, 4.69) is 4.98 Å². The van der Waals surface area contributed by atoms with Gasteiger partial charge in [0.25, 0.3) is 0 Å². The van der Waals surface area contributed by atoms with E-state index in [1.165, 1.54) is 12.2 Å². The average Bonchev–Trinajstić information content (AvgIpc) is 2.40. The molecule has 0 amide bonds. The van der Waals surface area contributed by atoms with E-state index in [0.29, 0.717) is 5.88 Å². The van der Waals surface area contributed by atoms with Crippen LogP contribution in [-0.2, 0) is 16.3 Å². The van der Waals surface area contributed by atoms with Crippen LogP contribution in [0.3, 0.4) is 0 Å². The quantitative estimate of drug-likeness (QED) is 0.858. The summed E-state index contributed by atoms with van der Waals surface area (Å²) in [4.78, 5) is 4.13. The van der Waals surface area contributed by atoms with Gasteiger partial charge in [0.15, 0.2) is 15.6 Å². The van der Waals surface area contributed by atoms with Gasteiger partial charge in [-0.3, -0.25) is 0 Å². The van der Waals surface area contributed by atoms with E-state index in [1.54, 1.807) is 12.3 Å². The minimum Gasteiger partial charge on any atom is -0.436 e. The van der Waals surface area contributed by atoms with Crippen molar-refractivity contribution in [2.75, 3.05) is 6.26 Å². The van der Waals surface area contributed by atoms with Gasteiger partial charge in [-0.25, -0.2) is 17.8 Å². The first kappa shape index (κ1) is 15.7. The molecular formula is C15H18FNO3S. The highest BCUT2D eigenvalue weighted by atomic mass is 32.2. The summed E-state index contributed by atoms with van der Waals surface area (Å²) in [6, 6.07) is 1.75. The summed E-state index contributed by atoms with van der Waals surface area (Å²) < 4.78 is 42.2. The molecule has 0 fully saturated rings. The van der Waals surface area contributed by atoms with Crippen LogP contribution < -0.4 is 4.74 Å². The van der Waals surface area contributed by atoms with Crippen molar-refractivity contribution in [2.24, 2.45) is 0 Å². The zero-order chi connectivity index (χ0) is 15.6. The largest absolute Gasteiger partial charge is 0.436 e. The van der Waals surface area contributed by atoms with E-state index in [9.17, 15) is 12.8 Å². The van der Waals surface area contributed by atoms with Crippen molar-refractivity contribution < 1.29 is 17.5 Å². The average molecular weight is 311 g/mol. The van der Waals surface area contributed by atoms with Crippen molar-refractivity contribution in [3.05, 3.63) is 47.1 Å². The van der Waals surface area contributed by atoms with Gasteiger partial charge in [0.1, 0.15) is 5.83 Å². The molecule has 1 heterocycles. The van der Waals surface area contributed by atoms with Crippen LogP contribution in [0.15, 0.2) is 36.0 Å². The Morgan fingerprint density at radius 2 is 2.19 bits per heavy atom. The number of pyridine rings is 1. The van der Waals surface area contributed by atoms with Crippen LogP contribution in [0.2, 0.25) is 0 Å². The maximum absolute atomic E-state index is 14.0. The van der Waals surface area contributed by atoms with Gasteiger partial charge in [0.05, 0.1) is 5.25 Å². The molecular weight excluding hydrogens is 293 g/mol. The normalized spacial score (nSPS) is 19.0. The number of aromatic nitrogens is 1. The summed E-state index contributed by atoms with van der Waals surface area (Å²) in [7, 11) is -3.30. The molecule has 6 heteroatoms. The molecule has 1 aromatic rings. The van der Waals surface area contributed by atoms with Crippen molar-refractivity contribution >= 4 is 9.84 Å². The minimum atomic E-state index is -3.30.